The predicted molar refractivity (Wildman–Crippen MR) is 91.4 cm³/mol. The highest BCUT2D eigenvalue weighted by atomic mass is 35.5. The van der Waals surface area contributed by atoms with Crippen LogP contribution >= 0.6 is 22.9 Å². The summed E-state index contributed by atoms with van der Waals surface area (Å²) in [5, 5.41) is 0.851. The quantitative estimate of drug-likeness (QED) is 0.761. The van der Waals surface area contributed by atoms with Gasteiger partial charge in [-0.1, -0.05) is 29.0 Å². The molecule has 22 heavy (non-hydrogen) atoms. The van der Waals surface area contributed by atoms with Gasteiger partial charge in [-0.25, -0.2) is 13.4 Å². The van der Waals surface area contributed by atoms with Crippen LogP contribution in [-0.2, 0) is 10.0 Å². The standard InChI is InChI=1S/C15H13ClN2O2S2/c1-9-7-10(2)14-13(8-9)21-15(17-14)18-22(19,20)12-5-3-11(16)4-6-12/h3-8H,1-2H3,(H,17,18). The lowest BCUT2D eigenvalue weighted by Gasteiger charge is -2.04. The number of nitrogens with one attached hydrogen (secondary N) is 1. The van der Waals surface area contributed by atoms with Crippen molar-refractivity contribution in [3.63, 3.8) is 0 Å². The molecule has 3 aromatic rings. The van der Waals surface area contributed by atoms with Gasteiger partial charge >= 0.3 is 0 Å². The van der Waals surface area contributed by atoms with Crippen molar-refractivity contribution >= 4 is 48.3 Å². The van der Waals surface area contributed by atoms with Gasteiger partial charge in [0.25, 0.3) is 10.0 Å². The lowest BCUT2D eigenvalue weighted by atomic mass is 10.1. The Labute approximate surface area is 137 Å². The largest absolute Gasteiger partial charge is 0.263 e. The van der Waals surface area contributed by atoms with Gasteiger partial charge in [0.15, 0.2) is 5.13 Å². The summed E-state index contributed by atoms with van der Waals surface area (Å²) in [4.78, 5) is 4.54. The number of aryl methyl sites for hydroxylation is 2. The van der Waals surface area contributed by atoms with Gasteiger partial charge in [0.2, 0.25) is 0 Å². The van der Waals surface area contributed by atoms with Crippen molar-refractivity contribution in [2.75, 3.05) is 4.72 Å². The van der Waals surface area contributed by atoms with Crippen LogP contribution in [0.15, 0.2) is 41.3 Å². The molecule has 1 heterocycles. The van der Waals surface area contributed by atoms with E-state index in [-0.39, 0.29) is 4.90 Å². The third-order valence-electron chi connectivity index (χ3n) is 3.18. The van der Waals surface area contributed by atoms with Gasteiger partial charge in [0.1, 0.15) is 0 Å². The van der Waals surface area contributed by atoms with Crippen LogP contribution in [0.2, 0.25) is 5.02 Å². The minimum Gasteiger partial charge on any atom is -0.255 e. The normalized spacial score (nSPS) is 11.8. The molecule has 0 spiro atoms. The molecule has 0 fully saturated rings. The van der Waals surface area contributed by atoms with Crippen molar-refractivity contribution in [1.29, 1.82) is 0 Å². The first-order valence-electron chi connectivity index (χ1n) is 6.51. The smallest absolute Gasteiger partial charge is 0.255 e. The number of sulfonamides is 1. The Hall–Kier alpha value is -1.63. The van der Waals surface area contributed by atoms with Crippen molar-refractivity contribution in [2.45, 2.75) is 18.7 Å². The van der Waals surface area contributed by atoms with Gasteiger partial charge in [-0.05, 0) is 55.3 Å². The molecule has 114 valence electrons. The zero-order valence-electron chi connectivity index (χ0n) is 11.9. The Bertz CT molecular complexity index is 948. The Morgan fingerprint density at radius 3 is 2.50 bits per heavy atom. The van der Waals surface area contributed by atoms with Crippen LogP contribution in [-0.4, -0.2) is 13.4 Å². The number of benzene rings is 2. The number of rotatable bonds is 3. The van der Waals surface area contributed by atoms with Crippen LogP contribution in [0, 0.1) is 13.8 Å². The Kier molecular flexibility index (Phi) is 3.84. The molecule has 0 unspecified atom stereocenters. The van der Waals surface area contributed by atoms with E-state index in [0.29, 0.717) is 10.2 Å². The maximum absolute atomic E-state index is 12.4. The molecule has 3 rings (SSSR count). The molecule has 1 aromatic heterocycles. The van der Waals surface area contributed by atoms with Gasteiger partial charge in [-0.2, -0.15) is 0 Å². The minimum atomic E-state index is -3.66. The summed E-state index contributed by atoms with van der Waals surface area (Å²) < 4.78 is 28.2. The van der Waals surface area contributed by atoms with E-state index in [4.69, 9.17) is 11.6 Å². The molecule has 7 heteroatoms. The highest BCUT2D eigenvalue weighted by Crippen LogP contribution is 2.30. The molecule has 0 bridgehead atoms. The lowest BCUT2D eigenvalue weighted by molar-refractivity contribution is 0.601. The molecule has 0 saturated heterocycles. The second-order valence-electron chi connectivity index (χ2n) is 5.01. The fourth-order valence-corrected chi connectivity index (χ4v) is 4.60. The molecular formula is C15H13ClN2O2S2. The van der Waals surface area contributed by atoms with Crippen LogP contribution in [0.1, 0.15) is 11.1 Å². The summed E-state index contributed by atoms with van der Waals surface area (Å²) >= 11 is 7.10. The van der Waals surface area contributed by atoms with Crippen LogP contribution < -0.4 is 4.72 Å². The number of anilines is 1. The fraction of sp³-hybridized carbons (Fsp3) is 0.133. The molecular weight excluding hydrogens is 340 g/mol. The van der Waals surface area contributed by atoms with Crippen molar-refractivity contribution in [3.05, 3.63) is 52.5 Å². The van der Waals surface area contributed by atoms with Crippen molar-refractivity contribution in [1.82, 2.24) is 4.98 Å². The third-order valence-corrected chi connectivity index (χ3v) is 5.83. The molecule has 1 N–H and O–H groups in total. The second-order valence-corrected chi connectivity index (χ2v) is 8.16. The van der Waals surface area contributed by atoms with Gasteiger partial charge in [-0.15, -0.1) is 0 Å². The number of thiazole rings is 1. The number of aromatic nitrogens is 1. The third kappa shape index (κ3) is 2.95. The highest BCUT2D eigenvalue weighted by Gasteiger charge is 2.17. The average Bonchev–Trinajstić information content (AvgIpc) is 2.81. The topological polar surface area (TPSA) is 59.1 Å². The van der Waals surface area contributed by atoms with E-state index in [1.54, 1.807) is 12.1 Å². The van der Waals surface area contributed by atoms with Crippen LogP contribution in [0.25, 0.3) is 10.2 Å². The highest BCUT2D eigenvalue weighted by molar-refractivity contribution is 7.93. The number of hydrogen-bond donors (Lipinski definition) is 1. The summed E-state index contributed by atoms with van der Waals surface area (Å²) in [6.45, 7) is 3.97. The first kappa shape index (κ1) is 15.3. The summed E-state index contributed by atoms with van der Waals surface area (Å²) in [5.41, 5.74) is 2.98. The molecule has 0 radical (unpaired) electrons. The van der Waals surface area contributed by atoms with E-state index < -0.39 is 10.0 Å². The molecule has 0 atom stereocenters. The zero-order valence-corrected chi connectivity index (χ0v) is 14.3. The maximum atomic E-state index is 12.4. The molecule has 4 nitrogen and oxygen atoms in total. The first-order valence-corrected chi connectivity index (χ1v) is 9.19. The van der Waals surface area contributed by atoms with Crippen LogP contribution in [0.4, 0.5) is 5.13 Å². The number of fused-ring (bicyclic) bond motifs is 1. The predicted octanol–water partition coefficient (Wildman–Crippen LogP) is 4.37. The summed E-state index contributed by atoms with van der Waals surface area (Å²) in [6.07, 6.45) is 0. The van der Waals surface area contributed by atoms with Crippen molar-refractivity contribution in [3.8, 4) is 0 Å². The summed E-state index contributed by atoms with van der Waals surface area (Å²) in [5.74, 6) is 0. The average molecular weight is 353 g/mol. The molecule has 0 aliphatic carbocycles. The van der Waals surface area contributed by atoms with E-state index >= 15 is 0 Å². The van der Waals surface area contributed by atoms with Gasteiger partial charge in [0.05, 0.1) is 15.1 Å². The Balaban J connectivity index is 1.98. The second kappa shape index (κ2) is 5.53. The van der Waals surface area contributed by atoms with E-state index in [0.717, 1.165) is 21.3 Å². The SMILES string of the molecule is Cc1cc(C)c2nc(NS(=O)(=O)c3ccc(Cl)cc3)sc2c1. The fourth-order valence-electron chi connectivity index (χ4n) is 2.20. The summed E-state index contributed by atoms with van der Waals surface area (Å²) in [7, 11) is -3.66. The van der Waals surface area contributed by atoms with Crippen LogP contribution in [0.3, 0.4) is 0 Å². The van der Waals surface area contributed by atoms with E-state index in [9.17, 15) is 8.42 Å². The first-order chi connectivity index (χ1) is 10.3. The molecule has 0 saturated carbocycles. The Morgan fingerprint density at radius 2 is 1.82 bits per heavy atom. The lowest BCUT2D eigenvalue weighted by Crippen LogP contribution is -2.12. The van der Waals surface area contributed by atoms with Crippen LogP contribution in [0.5, 0.6) is 0 Å². The van der Waals surface area contributed by atoms with Gasteiger partial charge < -0.3 is 0 Å². The molecule has 0 aliphatic rings. The number of hydrogen-bond acceptors (Lipinski definition) is 4. The van der Waals surface area contributed by atoms with E-state index in [1.165, 1.54) is 23.5 Å². The van der Waals surface area contributed by atoms with Gasteiger partial charge in [0, 0.05) is 5.02 Å². The zero-order chi connectivity index (χ0) is 15.9. The molecule has 0 aliphatic heterocycles. The maximum Gasteiger partial charge on any atom is 0.263 e. The van der Waals surface area contributed by atoms with Crippen molar-refractivity contribution in [2.24, 2.45) is 0 Å². The monoisotopic (exact) mass is 352 g/mol. The van der Waals surface area contributed by atoms with Gasteiger partial charge in [-0.3, -0.25) is 4.72 Å². The minimum absolute atomic E-state index is 0.157. The Morgan fingerprint density at radius 1 is 1.14 bits per heavy atom. The van der Waals surface area contributed by atoms with E-state index in [2.05, 4.69) is 9.71 Å². The molecule has 2 aromatic carbocycles. The summed E-state index contributed by atoms with van der Waals surface area (Å²) in [6, 6.07) is 10.0. The number of halogens is 1. The van der Waals surface area contributed by atoms with E-state index in [1.807, 2.05) is 26.0 Å². The van der Waals surface area contributed by atoms with Crippen molar-refractivity contribution < 1.29 is 8.42 Å². The molecule has 0 amide bonds. The number of nitrogens with zero attached hydrogens (tertiary/aromatic N) is 1.